The Bertz CT molecular complexity index is 1650. The van der Waals surface area contributed by atoms with Crippen molar-refractivity contribution >= 4 is 28.6 Å². The Hall–Kier alpha value is -4.56. The predicted octanol–water partition coefficient (Wildman–Crippen LogP) is 4.75. The summed E-state index contributed by atoms with van der Waals surface area (Å²) in [7, 11) is 0. The molecule has 3 aromatic heterocycles. The standard InChI is InChI=1S/C32H36N8O3/c1-4-43-31(41)27-17-26(23-19-34-32(35-20-23)39-10-8-22(18-33)9-11-39)28-29(21(2)3)37-40(30(28)36-27)25-7-5-6-24(16-25)38-12-14-42-15-13-38/h5-7,16-17,19-22H,4,8-15H2,1-3H3. The average Bonchev–Trinajstić information content (AvgIpc) is 3.45. The number of aromatic nitrogens is 5. The van der Waals surface area contributed by atoms with Crippen LogP contribution in [0.1, 0.15) is 55.7 Å². The number of anilines is 2. The monoisotopic (exact) mass is 580 g/mol. The van der Waals surface area contributed by atoms with Gasteiger partial charge in [0.1, 0.15) is 0 Å². The summed E-state index contributed by atoms with van der Waals surface area (Å²) in [5, 5.41) is 15.2. The van der Waals surface area contributed by atoms with E-state index in [0.717, 1.165) is 72.6 Å². The van der Waals surface area contributed by atoms with Crippen molar-refractivity contribution in [3.63, 3.8) is 0 Å². The third kappa shape index (κ3) is 5.75. The van der Waals surface area contributed by atoms with Crippen molar-refractivity contribution in [3.05, 3.63) is 54.1 Å². The van der Waals surface area contributed by atoms with Crippen molar-refractivity contribution in [3.8, 4) is 22.9 Å². The predicted molar refractivity (Wildman–Crippen MR) is 164 cm³/mol. The third-order valence-electron chi connectivity index (χ3n) is 8.06. The van der Waals surface area contributed by atoms with Crippen LogP contribution in [0, 0.1) is 17.2 Å². The van der Waals surface area contributed by atoms with Crippen LogP contribution in [0.15, 0.2) is 42.7 Å². The third-order valence-corrected chi connectivity index (χ3v) is 8.06. The van der Waals surface area contributed by atoms with Gasteiger partial charge in [-0.1, -0.05) is 19.9 Å². The van der Waals surface area contributed by atoms with Crippen LogP contribution in [0.2, 0.25) is 0 Å². The Labute approximate surface area is 251 Å². The largest absolute Gasteiger partial charge is 0.461 e. The van der Waals surface area contributed by atoms with Gasteiger partial charge >= 0.3 is 5.97 Å². The molecule has 222 valence electrons. The van der Waals surface area contributed by atoms with Gasteiger partial charge < -0.3 is 19.3 Å². The van der Waals surface area contributed by atoms with Crippen molar-refractivity contribution in [1.29, 1.82) is 5.26 Å². The van der Waals surface area contributed by atoms with Crippen LogP contribution in [0.4, 0.5) is 11.6 Å². The van der Waals surface area contributed by atoms with Gasteiger partial charge in [-0.3, -0.25) is 0 Å². The molecular formula is C32H36N8O3. The minimum absolute atomic E-state index is 0.0850. The molecule has 0 spiro atoms. The van der Waals surface area contributed by atoms with Gasteiger partial charge in [-0.2, -0.15) is 10.4 Å². The van der Waals surface area contributed by atoms with E-state index in [2.05, 4.69) is 41.8 Å². The molecule has 11 heteroatoms. The number of carbonyl (C=O) groups is 1. The van der Waals surface area contributed by atoms with Crippen LogP contribution >= 0.6 is 0 Å². The number of hydrogen-bond donors (Lipinski definition) is 0. The summed E-state index contributed by atoms with van der Waals surface area (Å²) in [6.07, 6.45) is 5.20. The zero-order valence-electron chi connectivity index (χ0n) is 24.9. The van der Waals surface area contributed by atoms with Crippen LogP contribution in [0.25, 0.3) is 27.8 Å². The fourth-order valence-corrected chi connectivity index (χ4v) is 5.74. The minimum Gasteiger partial charge on any atom is -0.461 e. The molecule has 2 aliphatic rings. The van der Waals surface area contributed by atoms with E-state index in [0.29, 0.717) is 24.8 Å². The normalized spacial score (nSPS) is 16.1. The number of hydrogen-bond acceptors (Lipinski definition) is 10. The second-order valence-corrected chi connectivity index (χ2v) is 11.2. The number of benzene rings is 1. The molecule has 43 heavy (non-hydrogen) atoms. The van der Waals surface area contributed by atoms with Gasteiger partial charge in [-0.25, -0.2) is 24.4 Å². The lowest BCUT2D eigenvalue weighted by Gasteiger charge is -2.29. The molecule has 2 saturated heterocycles. The molecule has 0 amide bonds. The molecule has 2 aliphatic heterocycles. The van der Waals surface area contributed by atoms with Crippen LogP contribution in [0.5, 0.6) is 0 Å². The quantitative estimate of drug-likeness (QED) is 0.283. The fraction of sp³-hybridized carbons (Fsp3) is 0.438. The van der Waals surface area contributed by atoms with Crippen molar-refractivity contribution in [2.75, 3.05) is 55.8 Å². The highest BCUT2D eigenvalue weighted by molar-refractivity contribution is 6.00. The highest BCUT2D eigenvalue weighted by atomic mass is 16.5. The maximum absolute atomic E-state index is 13.0. The maximum Gasteiger partial charge on any atom is 0.357 e. The highest BCUT2D eigenvalue weighted by Gasteiger charge is 2.25. The van der Waals surface area contributed by atoms with Crippen LogP contribution in [-0.4, -0.2) is 76.7 Å². The Morgan fingerprint density at radius 1 is 1.07 bits per heavy atom. The molecule has 4 aromatic rings. The molecule has 6 rings (SSSR count). The molecule has 11 nitrogen and oxygen atoms in total. The van der Waals surface area contributed by atoms with E-state index in [1.165, 1.54) is 0 Å². The number of morpholine rings is 1. The van der Waals surface area contributed by atoms with Crippen molar-refractivity contribution in [1.82, 2.24) is 24.7 Å². The van der Waals surface area contributed by atoms with E-state index in [-0.39, 0.29) is 24.1 Å². The number of ether oxygens (including phenoxy) is 2. The first-order valence-electron chi connectivity index (χ1n) is 15.0. The molecule has 0 N–H and O–H groups in total. The summed E-state index contributed by atoms with van der Waals surface area (Å²) in [6.45, 7) is 10.8. The van der Waals surface area contributed by atoms with E-state index >= 15 is 0 Å². The molecular weight excluding hydrogens is 544 g/mol. The molecule has 5 heterocycles. The Morgan fingerprint density at radius 2 is 1.79 bits per heavy atom. The summed E-state index contributed by atoms with van der Waals surface area (Å²) in [4.78, 5) is 31.7. The second kappa shape index (κ2) is 12.4. The summed E-state index contributed by atoms with van der Waals surface area (Å²) in [5.41, 5.74) is 5.12. The minimum atomic E-state index is -0.496. The van der Waals surface area contributed by atoms with Crippen LogP contribution < -0.4 is 9.80 Å². The summed E-state index contributed by atoms with van der Waals surface area (Å²) >= 11 is 0. The van der Waals surface area contributed by atoms with Gasteiger partial charge in [-0.15, -0.1) is 0 Å². The van der Waals surface area contributed by atoms with E-state index in [9.17, 15) is 10.1 Å². The van der Waals surface area contributed by atoms with E-state index in [4.69, 9.17) is 29.5 Å². The molecule has 1 aromatic carbocycles. The fourth-order valence-electron chi connectivity index (χ4n) is 5.74. The average molecular weight is 581 g/mol. The number of carbonyl (C=O) groups excluding carboxylic acids is 1. The van der Waals surface area contributed by atoms with E-state index < -0.39 is 5.97 Å². The van der Waals surface area contributed by atoms with Crippen LogP contribution in [0.3, 0.4) is 0 Å². The Balaban J connectivity index is 1.47. The lowest BCUT2D eigenvalue weighted by atomic mass is 9.98. The smallest absolute Gasteiger partial charge is 0.357 e. The van der Waals surface area contributed by atoms with Crippen molar-refractivity contribution < 1.29 is 14.3 Å². The van der Waals surface area contributed by atoms with Gasteiger partial charge in [0.05, 0.1) is 42.7 Å². The zero-order chi connectivity index (χ0) is 29.9. The lowest BCUT2D eigenvalue weighted by Crippen LogP contribution is -2.36. The van der Waals surface area contributed by atoms with Crippen molar-refractivity contribution in [2.24, 2.45) is 5.92 Å². The van der Waals surface area contributed by atoms with E-state index in [1.54, 1.807) is 25.4 Å². The van der Waals surface area contributed by atoms with E-state index in [1.807, 2.05) is 16.8 Å². The maximum atomic E-state index is 13.0. The van der Waals surface area contributed by atoms with Gasteiger partial charge in [0.25, 0.3) is 0 Å². The first kappa shape index (κ1) is 28.6. The topological polar surface area (TPSA) is 122 Å². The van der Waals surface area contributed by atoms with Gasteiger partial charge in [0.2, 0.25) is 5.95 Å². The Kier molecular flexibility index (Phi) is 8.20. The molecule has 0 aliphatic carbocycles. The number of piperidine rings is 1. The highest BCUT2D eigenvalue weighted by Crippen LogP contribution is 2.36. The van der Waals surface area contributed by atoms with Gasteiger partial charge in [-0.05, 0) is 49.9 Å². The summed E-state index contributed by atoms with van der Waals surface area (Å²) < 4.78 is 12.7. The number of nitrogens with zero attached hydrogens (tertiary/aromatic N) is 8. The summed E-state index contributed by atoms with van der Waals surface area (Å²) in [6, 6.07) is 12.4. The van der Waals surface area contributed by atoms with Gasteiger partial charge in [0, 0.05) is 61.3 Å². The first-order valence-corrected chi connectivity index (χ1v) is 15.0. The van der Waals surface area contributed by atoms with Crippen LogP contribution in [-0.2, 0) is 9.47 Å². The molecule has 0 unspecified atom stereocenters. The number of fused-ring (bicyclic) bond motifs is 1. The molecule has 0 atom stereocenters. The number of esters is 1. The zero-order valence-corrected chi connectivity index (χ0v) is 24.9. The molecule has 0 bridgehead atoms. The lowest BCUT2D eigenvalue weighted by molar-refractivity contribution is 0.0520. The number of rotatable bonds is 7. The number of nitriles is 1. The summed E-state index contributed by atoms with van der Waals surface area (Å²) in [5.74, 6) is 0.310. The van der Waals surface area contributed by atoms with Crippen molar-refractivity contribution in [2.45, 2.75) is 39.5 Å². The SMILES string of the molecule is CCOC(=O)c1cc(-c2cnc(N3CCC(C#N)CC3)nc2)c2c(C(C)C)nn(-c3cccc(N4CCOCC4)c3)c2n1. The Morgan fingerprint density at radius 3 is 2.47 bits per heavy atom. The first-order chi connectivity index (χ1) is 21.0. The second-order valence-electron chi connectivity index (χ2n) is 11.2. The number of pyridine rings is 1. The molecule has 2 fully saturated rings. The molecule has 0 saturated carbocycles. The molecule has 0 radical (unpaired) electrons. The van der Waals surface area contributed by atoms with Gasteiger partial charge in [0.15, 0.2) is 11.3 Å².